The zero-order valence-corrected chi connectivity index (χ0v) is 16.8. The van der Waals surface area contributed by atoms with E-state index in [1.54, 1.807) is 23.1 Å². The van der Waals surface area contributed by atoms with Crippen LogP contribution in [0.5, 0.6) is 0 Å². The van der Waals surface area contributed by atoms with Gasteiger partial charge in [-0.05, 0) is 24.3 Å². The number of anilines is 2. The molecule has 1 saturated heterocycles. The average molecular weight is 421 g/mol. The third-order valence-electron chi connectivity index (χ3n) is 4.54. The fraction of sp³-hybridized carbons (Fsp3) is 0.300. The molecule has 1 heterocycles. The summed E-state index contributed by atoms with van der Waals surface area (Å²) < 4.78 is 0. The van der Waals surface area contributed by atoms with Crippen LogP contribution in [-0.4, -0.2) is 60.9 Å². The standard InChI is InChI=1S/C20H22Cl2N4O2/c21-15-5-1-3-7-17(15)23-13-20(28)26-11-9-25(10-12-26)14-19(27)24-18-8-4-2-6-16(18)22/h1-8,23H,9-14H2,(H,24,27). The molecular weight excluding hydrogens is 399 g/mol. The van der Waals surface area contributed by atoms with E-state index in [2.05, 4.69) is 10.6 Å². The molecule has 1 fully saturated rings. The quantitative estimate of drug-likeness (QED) is 0.752. The average Bonchev–Trinajstić information content (AvgIpc) is 2.69. The molecule has 148 valence electrons. The molecule has 0 spiro atoms. The van der Waals surface area contributed by atoms with Gasteiger partial charge in [0.2, 0.25) is 11.8 Å². The number of benzene rings is 2. The lowest BCUT2D eigenvalue weighted by Gasteiger charge is -2.34. The van der Waals surface area contributed by atoms with Gasteiger partial charge >= 0.3 is 0 Å². The highest BCUT2D eigenvalue weighted by molar-refractivity contribution is 6.33. The van der Waals surface area contributed by atoms with Crippen molar-refractivity contribution < 1.29 is 9.59 Å². The molecular formula is C20H22Cl2N4O2. The van der Waals surface area contributed by atoms with Gasteiger partial charge in [0, 0.05) is 26.2 Å². The number of halogens is 2. The number of carbonyl (C=O) groups excluding carboxylic acids is 2. The molecule has 0 atom stereocenters. The summed E-state index contributed by atoms with van der Waals surface area (Å²) >= 11 is 12.2. The molecule has 0 aromatic heterocycles. The molecule has 2 aromatic rings. The smallest absolute Gasteiger partial charge is 0.241 e. The van der Waals surface area contributed by atoms with Crippen LogP contribution in [0.25, 0.3) is 0 Å². The first-order valence-corrected chi connectivity index (χ1v) is 9.81. The summed E-state index contributed by atoms with van der Waals surface area (Å²) in [5.41, 5.74) is 1.35. The van der Waals surface area contributed by atoms with E-state index in [9.17, 15) is 9.59 Å². The second-order valence-electron chi connectivity index (χ2n) is 6.52. The van der Waals surface area contributed by atoms with Gasteiger partial charge < -0.3 is 15.5 Å². The van der Waals surface area contributed by atoms with Crippen LogP contribution in [0, 0.1) is 0 Å². The van der Waals surface area contributed by atoms with E-state index in [0.717, 1.165) is 5.69 Å². The summed E-state index contributed by atoms with van der Waals surface area (Å²) in [7, 11) is 0. The Hall–Kier alpha value is -2.28. The van der Waals surface area contributed by atoms with E-state index in [4.69, 9.17) is 23.2 Å². The maximum Gasteiger partial charge on any atom is 0.241 e. The number of hydrogen-bond donors (Lipinski definition) is 2. The third kappa shape index (κ3) is 5.61. The molecule has 0 unspecified atom stereocenters. The van der Waals surface area contributed by atoms with Crippen molar-refractivity contribution >= 4 is 46.4 Å². The highest BCUT2D eigenvalue weighted by Crippen LogP contribution is 2.21. The van der Waals surface area contributed by atoms with Crippen molar-refractivity contribution in [2.45, 2.75) is 0 Å². The molecule has 1 aliphatic heterocycles. The maximum atomic E-state index is 12.4. The molecule has 8 heteroatoms. The summed E-state index contributed by atoms with van der Waals surface area (Å²) in [6.45, 7) is 2.92. The van der Waals surface area contributed by atoms with Crippen molar-refractivity contribution in [2.24, 2.45) is 0 Å². The molecule has 0 aliphatic carbocycles. The van der Waals surface area contributed by atoms with Crippen molar-refractivity contribution in [3.63, 3.8) is 0 Å². The van der Waals surface area contributed by atoms with Gasteiger partial charge in [-0.15, -0.1) is 0 Å². The first-order valence-electron chi connectivity index (χ1n) is 9.06. The predicted octanol–water partition coefficient (Wildman–Crippen LogP) is 3.19. The van der Waals surface area contributed by atoms with Gasteiger partial charge in [-0.25, -0.2) is 0 Å². The minimum absolute atomic E-state index is 0.0140. The van der Waals surface area contributed by atoms with Gasteiger partial charge in [0.15, 0.2) is 0 Å². The number of nitrogens with one attached hydrogen (secondary N) is 2. The zero-order chi connectivity index (χ0) is 19.9. The molecule has 6 nitrogen and oxygen atoms in total. The molecule has 3 rings (SSSR count). The Morgan fingerprint density at radius 1 is 0.857 bits per heavy atom. The Balaban J connectivity index is 1.41. The van der Waals surface area contributed by atoms with Crippen LogP contribution < -0.4 is 10.6 Å². The second kappa shape index (κ2) is 9.78. The van der Waals surface area contributed by atoms with Crippen LogP contribution >= 0.6 is 23.2 Å². The number of para-hydroxylation sites is 2. The normalized spacial score (nSPS) is 14.6. The Bertz CT molecular complexity index is 838. The summed E-state index contributed by atoms with van der Waals surface area (Å²) in [4.78, 5) is 28.4. The molecule has 1 aliphatic rings. The SMILES string of the molecule is O=C(CN1CCN(C(=O)CNc2ccccc2Cl)CC1)Nc1ccccc1Cl. The largest absolute Gasteiger partial charge is 0.375 e. The van der Waals surface area contributed by atoms with Gasteiger partial charge in [0.1, 0.15) is 0 Å². The first-order chi connectivity index (χ1) is 13.5. The molecule has 2 N–H and O–H groups in total. The first kappa shape index (κ1) is 20.5. The van der Waals surface area contributed by atoms with E-state index in [0.29, 0.717) is 41.9 Å². The lowest BCUT2D eigenvalue weighted by Crippen LogP contribution is -2.51. The Morgan fingerprint density at radius 2 is 1.43 bits per heavy atom. The van der Waals surface area contributed by atoms with Crippen LogP contribution in [-0.2, 0) is 9.59 Å². The van der Waals surface area contributed by atoms with E-state index in [1.165, 1.54) is 0 Å². The number of hydrogen-bond acceptors (Lipinski definition) is 4. The minimum atomic E-state index is -0.117. The van der Waals surface area contributed by atoms with Gasteiger partial charge in [-0.3, -0.25) is 14.5 Å². The molecule has 0 saturated carbocycles. The number of nitrogens with zero attached hydrogens (tertiary/aromatic N) is 2. The van der Waals surface area contributed by atoms with Crippen molar-refractivity contribution in [1.29, 1.82) is 0 Å². The van der Waals surface area contributed by atoms with Crippen molar-refractivity contribution in [3.05, 3.63) is 58.6 Å². The molecule has 0 bridgehead atoms. The fourth-order valence-electron chi connectivity index (χ4n) is 3.00. The van der Waals surface area contributed by atoms with Gasteiger partial charge in [-0.1, -0.05) is 47.5 Å². The Morgan fingerprint density at radius 3 is 2.04 bits per heavy atom. The number of rotatable bonds is 6. The minimum Gasteiger partial charge on any atom is -0.375 e. The molecule has 0 radical (unpaired) electrons. The summed E-state index contributed by atoms with van der Waals surface area (Å²) in [5, 5.41) is 6.99. The lowest BCUT2D eigenvalue weighted by molar-refractivity contribution is -0.131. The van der Waals surface area contributed by atoms with Crippen LogP contribution in [0.1, 0.15) is 0 Å². The predicted molar refractivity (Wildman–Crippen MR) is 113 cm³/mol. The summed E-state index contributed by atoms with van der Waals surface area (Å²) in [5.74, 6) is -0.103. The highest BCUT2D eigenvalue weighted by Gasteiger charge is 2.22. The van der Waals surface area contributed by atoms with Crippen molar-refractivity contribution in [3.8, 4) is 0 Å². The van der Waals surface area contributed by atoms with Crippen LogP contribution in [0.15, 0.2) is 48.5 Å². The monoisotopic (exact) mass is 420 g/mol. The van der Waals surface area contributed by atoms with Gasteiger partial charge in [-0.2, -0.15) is 0 Å². The molecule has 2 aromatic carbocycles. The van der Waals surface area contributed by atoms with Gasteiger partial charge in [0.05, 0.1) is 34.5 Å². The number of piperazine rings is 1. The molecule has 2 amide bonds. The van der Waals surface area contributed by atoms with E-state index in [-0.39, 0.29) is 24.9 Å². The fourth-order valence-corrected chi connectivity index (χ4v) is 3.38. The van der Waals surface area contributed by atoms with Crippen LogP contribution in [0.3, 0.4) is 0 Å². The van der Waals surface area contributed by atoms with Crippen molar-refractivity contribution in [1.82, 2.24) is 9.80 Å². The highest BCUT2D eigenvalue weighted by atomic mass is 35.5. The zero-order valence-electron chi connectivity index (χ0n) is 15.3. The van der Waals surface area contributed by atoms with Crippen molar-refractivity contribution in [2.75, 3.05) is 49.9 Å². The number of amides is 2. The molecule has 28 heavy (non-hydrogen) atoms. The van der Waals surface area contributed by atoms with E-state index < -0.39 is 0 Å². The Kier molecular flexibility index (Phi) is 7.14. The van der Waals surface area contributed by atoms with E-state index >= 15 is 0 Å². The second-order valence-corrected chi connectivity index (χ2v) is 7.33. The lowest BCUT2D eigenvalue weighted by atomic mass is 10.2. The number of carbonyl (C=O) groups is 2. The van der Waals surface area contributed by atoms with E-state index in [1.807, 2.05) is 35.2 Å². The Labute approximate surface area is 174 Å². The van der Waals surface area contributed by atoms with Crippen LogP contribution in [0.2, 0.25) is 10.0 Å². The van der Waals surface area contributed by atoms with Gasteiger partial charge in [0.25, 0.3) is 0 Å². The third-order valence-corrected chi connectivity index (χ3v) is 5.20. The summed E-state index contributed by atoms with van der Waals surface area (Å²) in [6.07, 6.45) is 0. The summed E-state index contributed by atoms with van der Waals surface area (Å²) in [6, 6.07) is 14.5. The van der Waals surface area contributed by atoms with Crippen LogP contribution in [0.4, 0.5) is 11.4 Å². The maximum absolute atomic E-state index is 12.4. The topological polar surface area (TPSA) is 64.7 Å².